The number of aromatic hydroxyl groups is 1. The molecular weight excluding hydrogens is 384 g/mol. The number of H-pyrrole nitrogens is 1. The molecule has 3 N–H and O–H groups in total. The Balaban J connectivity index is 1.59. The van der Waals surface area contributed by atoms with Crippen molar-refractivity contribution in [1.29, 1.82) is 0 Å². The molecule has 2 aromatic carbocycles. The molecule has 0 aliphatic heterocycles. The van der Waals surface area contributed by atoms with Gasteiger partial charge >= 0.3 is 0 Å². The number of benzene rings is 2. The number of phenols is 1. The molecule has 8 heteroatoms. The number of carbonyl (C=O) groups excluding carboxylic acids is 1. The summed E-state index contributed by atoms with van der Waals surface area (Å²) in [6.45, 7) is 3.88. The van der Waals surface area contributed by atoms with Gasteiger partial charge in [-0.3, -0.25) is 15.2 Å². The van der Waals surface area contributed by atoms with E-state index in [1.807, 2.05) is 19.9 Å². The van der Waals surface area contributed by atoms with Gasteiger partial charge in [-0.2, -0.15) is 5.10 Å². The van der Waals surface area contributed by atoms with Crippen molar-refractivity contribution in [1.82, 2.24) is 15.2 Å². The standard InChI is InChI=1S/C19H15ClN4O2S/c1-9-5-12(16(25)6-10(9)2)14-8-15(24-23-14)18(26)22-19-21-13-4-3-11(20)7-17(13)27-19/h3-8,25H,1-2H3,(H,23,24)(H,21,22,26). The van der Waals surface area contributed by atoms with Crippen molar-refractivity contribution in [2.75, 3.05) is 5.32 Å². The van der Waals surface area contributed by atoms with E-state index in [-0.39, 0.29) is 17.4 Å². The van der Waals surface area contributed by atoms with Crippen LogP contribution in [0.1, 0.15) is 21.6 Å². The molecule has 2 heterocycles. The normalized spacial score (nSPS) is 11.1. The van der Waals surface area contributed by atoms with Crippen molar-refractivity contribution in [3.63, 3.8) is 0 Å². The first-order valence-electron chi connectivity index (χ1n) is 8.14. The Morgan fingerprint density at radius 2 is 1.96 bits per heavy atom. The van der Waals surface area contributed by atoms with Gasteiger partial charge in [-0.15, -0.1) is 0 Å². The summed E-state index contributed by atoms with van der Waals surface area (Å²) in [5.41, 5.74) is 4.13. The molecule has 0 spiro atoms. The number of hydrogen-bond acceptors (Lipinski definition) is 5. The van der Waals surface area contributed by atoms with E-state index in [2.05, 4.69) is 20.5 Å². The maximum Gasteiger partial charge on any atom is 0.275 e. The molecule has 27 heavy (non-hydrogen) atoms. The van der Waals surface area contributed by atoms with Gasteiger partial charge in [0.05, 0.1) is 15.9 Å². The topological polar surface area (TPSA) is 90.9 Å². The minimum Gasteiger partial charge on any atom is -0.507 e. The van der Waals surface area contributed by atoms with Crippen LogP contribution in [0.25, 0.3) is 21.5 Å². The molecule has 136 valence electrons. The third-order valence-electron chi connectivity index (χ3n) is 4.28. The second-order valence-corrected chi connectivity index (χ2v) is 7.67. The highest BCUT2D eigenvalue weighted by molar-refractivity contribution is 7.22. The molecular formula is C19H15ClN4O2S. The van der Waals surface area contributed by atoms with Gasteiger partial charge in [0.1, 0.15) is 11.4 Å². The molecule has 4 aromatic rings. The largest absolute Gasteiger partial charge is 0.507 e. The molecule has 0 fully saturated rings. The molecule has 0 saturated carbocycles. The number of carbonyl (C=O) groups is 1. The van der Waals surface area contributed by atoms with E-state index in [0.717, 1.165) is 21.3 Å². The Hall–Kier alpha value is -2.90. The van der Waals surface area contributed by atoms with E-state index < -0.39 is 0 Å². The number of fused-ring (bicyclic) bond motifs is 1. The highest BCUT2D eigenvalue weighted by atomic mass is 35.5. The number of halogens is 1. The zero-order valence-corrected chi connectivity index (χ0v) is 16.1. The number of phenolic OH excluding ortho intramolecular Hbond substituents is 1. The molecule has 0 bridgehead atoms. The van der Waals surface area contributed by atoms with Gasteiger partial charge in [-0.25, -0.2) is 4.98 Å². The predicted octanol–water partition coefficient (Wildman–Crippen LogP) is 4.91. The maximum absolute atomic E-state index is 12.5. The summed E-state index contributed by atoms with van der Waals surface area (Å²) in [5, 5.41) is 20.9. The number of rotatable bonds is 3. The highest BCUT2D eigenvalue weighted by Crippen LogP contribution is 2.31. The van der Waals surface area contributed by atoms with Crippen molar-refractivity contribution in [3.05, 3.63) is 58.2 Å². The Morgan fingerprint density at radius 1 is 1.19 bits per heavy atom. The zero-order chi connectivity index (χ0) is 19.1. The molecule has 4 rings (SSSR count). The summed E-state index contributed by atoms with van der Waals surface area (Å²) in [4.78, 5) is 16.9. The quantitative estimate of drug-likeness (QED) is 0.457. The van der Waals surface area contributed by atoms with Crippen LogP contribution in [-0.4, -0.2) is 26.2 Å². The minimum atomic E-state index is -0.359. The van der Waals surface area contributed by atoms with E-state index in [4.69, 9.17) is 11.6 Å². The number of aromatic nitrogens is 3. The summed E-state index contributed by atoms with van der Waals surface area (Å²) in [5.74, 6) is -0.234. The lowest BCUT2D eigenvalue weighted by atomic mass is 10.0. The first-order valence-corrected chi connectivity index (χ1v) is 9.33. The van der Waals surface area contributed by atoms with Crippen LogP contribution in [0.4, 0.5) is 5.13 Å². The van der Waals surface area contributed by atoms with Crippen LogP contribution in [0.5, 0.6) is 5.75 Å². The third-order valence-corrected chi connectivity index (χ3v) is 5.45. The number of aromatic amines is 1. The zero-order valence-electron chi connectivity index (χ0n) is 14.5. The van der Waals surface area contributed by atoms with Gasteiger partial charge in [0, 0.05) is 10.6 Å². The molecule has 0 aliphatic carbocycles. The van der Waals surface area contributed by atoms with Crippen molar-refractivity contribution in [3.8, 4) is 17.0 Å². The third kappa shape index (κ3) is 3.39. The van der Waals surface area contributed by atoms with Crippen LogP contribution in [0.3, 0.4) is 0 Å². The van der Waals surface area contributed by atoms with Gasteiger partial charge < -0.3 is 5.11 Å². The monoisotopic (exact) mass is 398 g/mol. The number of amides is 1. The van der Waals surface area contributed by atoms with Crippen molar-refractivity contribution < 1.29 is 9.90 Å². The average molecular weight is 399 g/mol. The summed E-state index contributed by atoms with van der Waals surface area (Å²) in [7, 11) is 0. The molecule has 1 amide bonds. The molecule has 2 aromatic heterocycles. The van der Waals surface area contributed by atoms with Gasteiger partial charge in [0.2, 0.25) is 0 Å². The Bertz CT molecular complexity index is 1180. The van der Waals surface area contributed by atoms with Crippen LogP contribution in [0.15, 0.2) is 36.4 Å². The molecule has 0 aliphatic rings. The molecule has 0 saturated heterocycles. The van der Waals surface area contributed by atoms with E-state index in [9.17, 15) is 9.90 Å². The Morgan fingerprint density at radius 3 is 2.78 bits per heavy atom. The number of aryl methyl sites for hydroxylation is 2. The lowest BCUT2D eigenvalue weighted by Crippen LogP contribution is -2.11. The smallest absolute Gasteiger partial charge is 0.275 e. The van der Waals surface area contributed by atoms with Crippen LogP contribution in [0.2, 0.25) is 5.02 Å². The van der Waals surface area contributed by atoms with Crippen LogP contribution in [0, 0.1) is 13.8 Å². The lowest BCUT2D eigenvalue weighted by molar-refractivity contribution is 0.102. The van der Waals surface area contributed by atoms with Crippen LogP contribution >= 0.6 is 22.9 Å². The van der Waals surface area contributed by atoms with E-state index >= 15 is 0 Å². The van der Waals surface area contributed by atoms with Gasteiger partial charge in [-0.1, -0.05) is 22.9 Å². The summed E-state index contributed by atoms with van der Waals surface area (Å²) in [6.07, 6.45) is 0. The Labute approximate surface area is 163 Å². The van der Waals surface area contributed by atoms with E-state index in [1.165, 1.54) is 11.3 Å². The number of nitrogens with zero attached hydrogens (tertiary/aromatic N) is 2. The van der Waals surface area contributed by atoms with Crippen LogP contribution < -0.4 is 5.32 Å². The summed E-state index contributed by atoms with van der Waals surface area (Å²) in [6, 6.07) is 10.5. The maximum atomic E-state index is 12.5. The first-order chi connectivity index (χ1) is 12.9. The summed E-state index contributed by atoms with van der Waals surface area (Å²) < 4.78 is 0.892. The fourth-order valence-corrected chi connectivity index (χ4v) is 3.84. The lowest BCUT2D eigenvalue weighted by Gasteiger charge is -2.05. The summed E-state index contributed by atoms with van der Waals surface area (Å²) >= 11 is 7.32. The fourth-order valence-electron chi connectivity index (χ4n) is 2.70. The van der Waals surface area contributed by atoms with Crippen molar-refractivity contribution in [2.45, 2.75) is 13.8 Å². The molecule has 0 atom stereocenters. The van der Waals surface area contributed by atoms with Gasteiger partial charge in [0.15, 0.2) is 5.13 Å². The Kier molecular flexibility index (Phi) is 4.33. The van der Waals surface area contributed by atoms with E-state index in [0.29, 0.717) is 21.4 Å². The second kappa shape index (κ2) is 6.68. The molecule has 6 nitrogen and oxygen atoms in total. The van der Waals surface area contributed by atoms with E-state index in [1.54, 1.807) is 30.3 Å². The number of nitrogens with one attached hydrogen (secondary N) is 2. The number of hydrogen-bond donors (Lipinski definition) is 3. The van der Waals surface area contributed by atoms with Crippen LogP contribution in [-0.2, 0) is 0 Å². The number of thiazole rings is 1. The van der Waals surface area contributed by atoms with Crippen molar-refractivity contribution >= 4 is 44.2 Å². The SMILES string of the molecule is Cc1cc(O)c(-c2cc(C(=O)Nc3nc4ccc(Cl)cc4s3)[nH]n2)cc1C. The first kappa shape index (κ1) is 17.5. The fraction of sp³-hybridized carbons (Fsp3) is 0.105. The molecule has 0 radical (unpaired) electrons. The second-order valence-electron chi connectivity index (χ2n) is 6.21. The predicted molar refractivity (Wildman–Crippen MR) is 108 cm³/mol. The average Bonchev–Trinajstić information content (AvgIpc) is 3.24. The highest BCUT2D eigenvalue weighted by Gasteiger charge is 2.16. The molecule has 0 unspecified atom stereocenters. The van der Waals surface area contributed by atoms with Crippen molar-refractivity contribution in [2.24, 2.45) is 0 Å². The minimum absolute atomic E-state index is 0.125. The van der Waals surface area contributed by atoms with Gasteiger partial charge in [0.25, 0.3) is 5.91 Å². The van der Waals surface area contributed by atoms with Gasteiger partial charge in [-0.05, 0) is 61.4 Å². The number of anilines is 1.